The van der Waals surface area contributed by atoms with Gasteiger partial charge in [-0.3, -0.25) is 0 Å². The second-order valence-electron chi connectivity index (χ2n) is 7.11. The molecule has 0 spiro atoms. The van der Waals surface area contributed by atoms with Gasteiger partial charge in [0.15, 0.2) is 5.82 Å². The van der Waals surface area contributed by atoms with Gasteiger partial charge in [0, 0.05) is 23.9 Å². The molecule has 0 atom stereocenters. The molecule has 0 saturated carbocycles. The van der Waals surface area contributed by atoms with Crippen LogP contribution in [0.1, 0.15) is 39.3 Å². The number of piperidine rings is 1. The van der Waals surface area contributed by atoms with E-state index in [0.29, 0.717) is 6.04 Å². The van der Waals surface area contributed by atoms with Crippen LogP contribution in [0.15, 0.2) is 18.5 Å². The summed E-state index contributed by atoms with van der Waals surface area (Å²) in [6.45, 7) is 8.85. The van der Waals surface area contributed by atoms with Crippen LogP contribution >= 0.6 is 0 Å². The first-order valence-electron chi connectivity index (χ1n) is 7.73. The lowest BCUT2D eigenvalue weighted by atomic mass is 9.92. The largest absolute Gasteiger partial charge is 0.365 e. The van der Waals surface area contributed by atoms with Crippen LogP contribution in [0.2, 0.25) is 0 Å². The van der Waals surface area contributed by atoms with Gasteiger partial charge in [0.2, 0.25) is 0 Å². The summed E-state index contributed by atoms with van der Waals surface area (Å²) in [4.78, 5) is 6.91. The van der Waals surface area contributed by atoms with Crippen molar-refractivity contribution in [3.63, 3.8) is 0 Å². The number of likely N-dealkylation sites (tertiary alicyclic amines) is 1. The zero-order valence-electron chi connectivity index (χ0n) is 13.4. The van der Waals surface area contributed by atoms with E-state index in [0.717, 1.165) is 30.1 Å². The van der Waals surface area contributed by atoms with Gasteiger partial charge in [-0.25, -0.2) is 9.50 Å². The summed E-state index contributed by atoms with van der Waals surface area (Å²) >= 11 is 0. The van der Waals surface area contributed by atoms with Gasteiger partial charge in [0.05, 0.1) is 5.69 Å². The Bertz CT molecular complexity index is 617. The second-order valence-corrected chi connectivity index (χ2v) is 7.11. The Morgan fingerprint density at radius 3 is 2.62 bits per heavy atom. The Morgan fingerprint density at radius 2 is 1.95 bits per heavy atom. The summed E-state index contributed by atoms with van der Waals surface area (Å²) in [6.07, 6.45) is 6.08. The Hall–Kier alpha value is -1.62. The number of hydrogen-bond acceptors (Lipinski definition) is 4. The van der Waals surface area contributed by atoms with Gasteiger partial charge in [-0.15, -0.1) is 0 Å². The van der Waals surface area contributed by atoms with Crippen LogP contribution < -0.4 is 5.32 Å². The first-order chi connectivity index (χ1) is 9.93. The number of nitrogens with zero attached hydrogens (tertiary/aromatic N) is 4. The highest BCUT2D eigenvalue weighted by molar-refractivity contribution is 5.68. The van der Waals surface area contributed by atoms with E-state index in [1.165, 1.54) is 12.8 Å². The van der Waals surface area contributed by atoms with E-state index < -0.39 is 0 Å². The third kappa shape index (κ3) is 3.02. The van der Waals surface area contributed by atoms with Crippen molar-refractivity contribution in [1.82, 2.24) is 19.5 Å². The quantitative estimate of drug-likeness (QED) is 0.922. The van der Waals surface area contributed by atoms with Crippen molar-refractivity contribution in [2.75, 3.05) is 25.5 Å². The van der Waals surface area contributed by atoms with Gasteiger partial charge in [0.25, 0.3) is 0 Å². The first kappa shape index (κ1) is 14.3. The molecule has 1 N–H and O–H groups in total. The number of nitrogens with one attached hydrogen (secondary N) is 1. The van der Waals surface area contributed by atoms with E-state index in [2.05, 4.69) is 54.2 Å². The molecule has 1 saturated heterocycles. The predicted octanol–water partition coefficient (Wildman–Crippen LogP) is 2.53. The predicted molar refractivity (Wildman–Crippen MR) is 85.8 cm³/mol. The highest BCUT2D eigenvalue weighted by atomic mass is 15.2. The normalized spacial score (nSPS) is 18.3. The van der Waals surface area contributed by atoms with E-state index in [-0.39, 0.29) is 5.41 Å². The Kier molecular flexibility index (Phi) is 3.61. The maximum absolute atomic E-state index is 4.68. The van der Waals surface area contributed by atoms with Gasteiger partial charge in [-0.05, 0) is 39.0 Å². The molecular formula is C16H25N5. The summed E-state index contributed by atoms with van der Waals surface area (Å²) in [6, 6.07) is 2.66. The standard InChI is InChI=1S/C16H25N5/c1-16(2,3)14-11-13-15(17-7-10-21(13)19-14)18-12-5-8-20(4)9-6-12/h7,10-12H,5-6,8-9H2,1-4H3,(H,17,18). The van der Waals surface area contributed by atoms with E-state index in [9.17, 15) is 0 Å². The molecule has 0 amide bonds. The van der Waals surface area contributed by atoms with Crippen LogP contribution in [0.25, 0.3) is 5.52 Å². The lowest BCUT2D eigenvalue weighted by Crippen LogP contribution is -2.36. The average molecular weight is 287 g/mol. The molecule has 0 unspecified atom stereocenters. The van der Waals surface area contributed by atoms with Gasteiger partial charge < -0.3 is 10.2 Å². The summed E-state index contributed by atoms with van der Waals surface area (Å²) in [5, 5.41) is 8.29. The molecule has 3 heterocycles. The number of fused-ring (bicyclic) bond motifs is 1. The average Bonchev–Trinajstić information content (AvgIpc) is 2.86. The van der Waals surface area contributed by atoms with Crippen LogP contribution in [-0.4, -0.2) is 45.7 Å². The first-order valence-corrected chi connectivity index (χ1v) is 7.73. The number of hydrogen-bond donors (Lipinski definition) is 1. The molecule has 0 radical (unpaired) electrons. The van der Waals surface area contributed by atoms with Crippen molar-refractivity contribution >= 4 is 11.3 Å². The third-order valence-electron chi connectivity index (χ3n) is 4.22. The van der Waals surface area contributed by atoms with Crippen LogP contribution in [-0.2, 0) is 5.41 Å². The summed E-state index contributed by atoms with van der Waals surface area (Å²) in [7, 11) is 2.18. The van der Waals surface area contributed by atoms with Crippen LogP contribution in [0.4, 0.5) is 5.82 Å². The smallest absolute Gasteiger partial charge is 0.152 e. The molecule has 21 heavy (non-hydrogen) atoms. The highest BCUT2D eigenvalue weighted by Crippen LogP contribution is 2.25. The lowest BCUT2D eigenvalue weighted by Gasteiger charge is -2.29. The second kappa shape index (κ2) is 5.30. The molecule has 5 nitrogen and oxygen atoms in total. The Morgan fingerprint density at radius 1 is 1.24 bits per heavy atom. The molecule has 5 heteroatoms. The van der Waals surface area contributed by atoms with Crippen molar-refractivity contribution < 1.29 is 0 Å². The molecule has 2 aromatic rings. The van der Waals surface area contributed by atoms with E-state index in [1.54, 1.807) is 0 Å². The third-order valence-corrected chi connectivity index (χ3v) is 4.22. The summed E-state index contributed by atoms with van der Waals surface area (Å²) < 4.78 is 1.94. The number of aromatic nitrogens is 3. The molecule has 1 aliphatic rings. The van der Waals surface area contributed by atoms with Gasteiger partial charge in [-0.1, -0.05) is 20.8 Å². The molecule has 1 fully saturated rings. The Balaban J connectivity index is 1.86. The number of rotatable bonds is 2. The molecule has 0 aromatic carbocycles. The lowest BCUT2D eigenvalue weighted by molar-refractivity contribution is 0.263. The van der Waals surface area contributed by atoms with Crippen LogP contribution in [0, 0.1) is 0 Å². The van der Waals surface area contributed by atoms with Gasteiger partial charge >= 0.3 is 0 Å². The highest BCUT2D eigenvalue weighted by Gasteiger charge is 2.21. The molecule has 114 valence electrons. The molecular weight excluding hydrogens is 262 g/mol. The maximum Gasteiger partial charge on any atom is 0.152 e. The van der Waals surface area contributed by atoms with Crippen LogP contribution in [0.3, 0.4) is 0 Å². The minimum atomic E-state index is 0.0524. The van der Waals surface area contributed by atoms with Crippen molar-refractivity contribution in [1.29, 1.82) is 0 Å². The fourth-order valence-corrected chi connectivity index (χ4v) is 2.75. The zero-order chi connectivity index (χ0) is 15.0. The zero-order valence-corrected chi connectivity index (χ0v) is 13.4. The molecule has 1 aliphatic heterocycles. The van der Waals surface area contributed by atoms with Crippen LogP contribution in [0.5, 0.6) is 0 Å². The van der Waals surface area contributed by atoms with E-state index >= 15 is 0 Å². The van der Waals surface area contributed by atoms with Gasteiger partial charge in [0.1, 0.15) is 5.52 Å². The minimum absolute atomic E-state index is 0.0524. The van der Waals surface area contributed by atoms with Crippen molar-refractivity contribution in [3.8, 4) is 0 Å². The molecule has 3 rings (SSSR count). The van der Waals surface area contributed by atoms with Crippen molar-refractivity contribution in [2.24, 2.45) is 0 Å². The fourth-order valence-electron chi connectivity index (χ4n) is 2.75. The SMILES string of the molecule is CN1CCC(Nc2nccn3nc(C(C)(C)C)cc23)CC1. The van der Waals surface area contributed by atoms with E-state index in [1.807, 2.05) is 16.9 Å². The van der Waals surface area contributed by atoms with E-state index in [4.69, 9.17) is 0 Å². The molecule has 2 aromatic heterocycles. The molecule has 0 aliphatic carbocycles. The minimum Gasteiger partial charge on any atom is -0.365 e. The van der Waals surface area contributed by atoms with Crippen molar-refractivity contribution in [2.45, 2.75) is 45.1 Å². The summed E-state index contributed by atoms with van der Waals surface area (Å²) in [5.41, 5.74) is 2.22. The molecule has 0 bridgehead atoms. The number of anilines is 1. The Labute approximate surface area is 126 Å². The van der Waals surface area contributed by atoms with Gasteiger partial charge in [-0.2, -0.15) is 5.10 Å². The maximum atomic E-state index is 4.68. The monoisotopic (exact) mass is 287 g/mol. The topological polar surface area (TPSA) is 45.5 Å². The van der Waals surface area contributed by atoms with Crippen molar-refractivity contribution in [3.05, 3.63) is 24.2 Å². The summed E-state index contributed by atoms with van der Waals surface area (Å²) in [5.74, 6) is 0.954. The fraction of sp³-hybridized carbons (Fsp3) is 0.625.